The van der Waals surface area contributed by atoms with Crippen molar-refractivity contribution in [2.75, 3.05) is 17.3 Å². The van der Waals surface area contributed by atoms with Crippen LogP contribution in [-0.2, 0) is 4.79 Å². The van der Waals surface area contributed by atoms with Crippen molar-refractivity contribution >= 4 is 23.4 Å². The van der Waals surface area contributed by atoms with Crippen LogP contribution in [0.4, 0.5) is 5.69 Å². The highest BCUT2D eigenvalue weighted by Crippen LogP contribution is 2.20. The Bertz CT molecular complexity index is 396. The lowest BCUT2D eigenvalue weighted by Gasteiger charge is -2.12. The third kappa shape index (κ3) is 4.28. The average molecular weight is 254 g/mol. The van der Waals surface area contributed by atoms with Crippen LogP contribution in [-0.4, -0.2) is 29.1 Å². The first-order chi connectivity index (χ1) is 8.04. The summed E-state index contributed by atoms with van der Waals surface area (Å²) in [6.45, 7) is 1.78. The van der Waals surface area contributed by atoms with Gasteiger partial charge in [-0.2, -0.15) is 11.8 Å². The van der Waals surface area contributed by atoms with Gasteiger partial charge in [-0.05, 0) is 49.1 Å². The molecule has 0 spiro atoms. The van der Waals surface area contributed by atoms with Crippen LogP contribution in [0.25, 0.3) is 0 Å². The first-order valence-electron chi connectivity index (χ1n) is 5.39. The second-order valence-electron chi connectivity index (χ2n) is 3.88. The third-order valence-electron chi connectivity index (χ3n) is 2.43. The topological polar surface area (TPSA) is 75.4 Å². The van der Waals surface area contributed by atoms with Gasteiger partial charge in [0.05, 0.1) is 6.04 Å². The predicted octanol–water partition coefficient (Wildman–Crippen LogP) is 1.72. The number of aryl methyl sites for hydroxylation is 1. The van der Waals surface area contributed by atoms with E-state index in [0.717, 1.165) is 11.3 Å². The maximum Gasteiger partial charge on any atom is 0.241 e. The number of amides is 1. The quantitative estimate of drug-likeness (QED) is 0.699. The van der Waals surface area contributed by atoms with E-state index in [9.17, 15) is 9.90 Å². The minimum absolute atomic E-state index is 0.191. The number of carbonyl (C=O) groups is 1. The highest BCUT2D eigenvalue weighted by atomic mass is 32.2. The summed E-state index contributed by atoms with van der Waals surface area (Å²) in [5, 5.41) is 12.1. The second kappa shape index (κ2) is 6.51. The highest BCUT2D eigenvalue weighted by molar-refractivity contribution is 7.98. The molecule has 0 bridgehead atoms. The molecule has 0 aliphatic carbocycles. The zero-order chi connectivity index (χ0) is 12.8. The summed E-state index contributed by atoms with van der Waals surface area (Å²) in [6.07, 6.45) is 2.64. The van der Waals surface area contributed by atoms with Crippen molar-refractivity contribution in [1.82, 2.24) is 0 Å². The van der Waals surface area contributed by atoms with Crippen molar-refractivity contribution in [2.24, 2.45) is 5.73 Å². The van der Waals surface area contributed by atoms with Gasteiger partial charge in [0.15, 0.2) is 0 Å². The SMILES string of the molecule is CSCC[C@H](N)C(=O)Nc1ccc(O)c(C)c1. The van der Waals surface area contributed by atoms with Gasteiger partial charge in [0, 0.05) is 5.69 Å². The summed E-state index contributed by atoms with van der Waals surface area (Å²) in [5.41, 5.74) is 7.12. The van der Waals surface area contributed by atoms with Crippen LogP contribution in [0.5, 0.6) is 5.75 Å². The fourth-order valence-corrected chi connectivity index (χ4v) is 1.83. The number of thioether (sulfide) groups is 1. The summed E-state index contributed by atoms with van der Waals surface area (Å²) < 4.78 is 0. The fourth-order valence-electron chi connectivity index (χ4n) is 1.34. The van der Waals surface area contributed by atoms with Crippen LogP contribution in [0, 0.1) is 6.92 Å². The molecule has 1 atom stereocenters. The maximum atomic E-state index is 11.7. The molecule has 17 heavy (non-hydrogen) atoms. The number of hydrogen-bond donors (Lipinski definition) is 3. The van der Waals surface area contributed by atoms with Crippen molar-refractivity contribution in [3.05, 3.63) is 23.8 Å². The van der Waals surface area contributed by atoms with E-state index >= 15 is 0 Å². The van der Waals surface area contributed by atoms with Crippen LogP contribution in [0.15, 0.2) is 18.2 Å². The first kappa shape index (κ1) is 13.9. The van der Waals surface area contributed by atoms with Gasteiger partial charge in [0.1, 0.15) is 5.75 Å². The average Bonchev–Trinajstić information content (AvgIpc) is 2.30. The lowest BCUT2D eigenvalue weighted by molar-refractivity contribution is -0.117. The number of carbonyl (C=O) groups excluding carboxylic acids is 1. The van der Waals surface area contributed by atoms with Crippen molar-refractivity contribution in [2.45, 2.75) is 19.4 Å². The lowest BCUT2D eigenvalue weighted by Crippen LogP contribution is -2.36. The largest absolute Gasteiger partial charge is 0.508 e. The lowest BCUT2D eigenvalue weighted by atomic mass is 10.2. The number of phenolic OH excluding ortho intramolecular Hbond substituents is 1. The molecule has 0 fully saturated rings. The van der Waals surface area contributed by atoms with E-state index in [2.05, 4.69) is 5.32 Å². The molecule has 1 amide bonds. The monoisotopic (exact) mass is 254 g/mol. The summed E-state index contributed by atoms with van der Waals surface area (Å²) in [7, 11) is 0. The first-order valence-corrected chi connectivity index (χ1v) is 6.79. The number of phenols is 1. The summed E-state index contributed by atoms with van der Waals surface area (Å²) in [6, 6.07) is 4.44. The number of benzene rings is 1. The molecule has 0 unspecified atom stereocenters. The number of hydrogen-bond acceptors (Lipinski definition) is 4. The van der Waals surface area contributed by atoms with Crippen LogP contribution < -0.4 is 11.1 Å². The molecule has 0 aromatic heterocycles. The normalized spacial score (nSPS) is 12.2. The number of nitrogens with one attached hydrogen (secondary N) is 1. The molecule has 0 aliphatic rings. The number of anilines is 1. The standard InChI is InChI=1S/C12H18N2O2S/c1-8-7-9(3-4-11(8)15)14-12(16)10(13)5-6-17-2/h3-4,7,10,15H,5-6,13H2,1-2H3,(H,14,16)/t10-/m0/s1. The zero-order valence-corrected chi connectivity index (χ0v) is 10.9. The van der Waals surface area contributed by atoms with Gasteiger partial charge in [-0.25, -0.2) is 0 Å². The molecule has 94 valence electrons. The van der Waals surface area contributed by atoms with Crippen molar-refractivity contribution in [3.63, 3.8) is 0 Å². The molecular formula is C12H18N2O2S. The van der Waals surface area contributed by atoms with Crippen LogP contribution in [0.1, 0.15) is 12.0 Å². The molecule has 0 saturated heterocycles. The van der Waals surface area contributed by atoms with E-state index in [0.29, 0.717) is 12.1 Å². The molecule has 0 radical (unpaired) electrons. The molecule has 4 nitrogen and oxygen atoms in total. The Morgan fingerprint density at radius 3 is 2.88 bits per heavy atom. The minimum Gasteiger partial charge on any atom is -0.508 e. The zero-order valence-electron chi connectivity index (χ0n) is 10.1. The molecule has 4 N–H and O–H groups in total. The Hall–Kier alpha value is -1.20. The highest BCUT2D eigenvalue weighted by Gasteiger charge is 2.13. The smallest absolute Gasteiger partial charge is 0.241 e. The second-order valence-corrected chi connectivity index (χ2v) is 4.86. The maximum absolute atomic E-state index is 11.7. The molecule has 1 rings (SSSR count). The Balaban J connectivity index is 2.58. The van der Waals surface area contributed by atoms with Crippen LogP contribution in [0.3, 0.4) is 0 Å². The number of aromatic hydroxyl groups is 1. The van der Waals surface area contributed by atoms with E-state index in [1.54, 1.807) is 36.9 Å². The number of rotatable bonds is 5. The van der Waals surface area contributed by atoms with Gasteiger partial charge in [-0.3, -0.25) is 4.79 Å². The third-order valence-corrected chi connectivity index (χ3v) is 3.08. The minimum atomic E-state index is -0.489. The molecule has 0 saturated carbocycles. The van der Waals surface area contributed by atoms with E-state index in [4.69, 9.17) is 5.73 Å². The Kier molecular flexibility index (Phi) is 5.31. The van der Waals surface area contributed by atoms with Crippen molar-refractivity contribution < 1.29 is 9.90 Å². The van der Waals surface area contributed by atoms with Gasteiger partial charge in [-0.1, -0.05) is 0 Å². The molecule has 1 aromatic carbocycles. The molecule has 0 aliphatic heterocycles. The predicted molar refractivity (Wildman–Crippen MR) is 72.4 cm³/mol. The van der Waals surface area contributed by atoms with E-state index in [1.807, 2.05) is 6.26 Å². The van der Waals surface area contributed by atoms with Crippen LogP contribution >= 0.6 is 11.8 Å². The molecular weight excluding hydrogens is 236 g/mol. The van der Waals surface area contributed by atoms with Gasteiger partial charge in [-0.15, -0.1) is 0 Å². The molecule has 1 aromatic rings. The van der Waals surface area contributed by atoms with E-state index in [-0.39, 0.29) is 11.7 Å². The Morgan fingerprint density at radius 2 is 2.29 bits per heavy atom. The summed E-state index contributed by atoms with van der Waals surface area (Å²) >= 11 is 1.67. The summed E-state index contributed by atoms with van der Waals surface area (Å²) in [5.74, 6) is 0.891. The Labute approximate surface area is 106 Å². The van der Waals surface area contributed by atoms with Crippen LogP contribution in [0.2, 0.25) is 0 Å². The van der Waals surface area contributed by atoms with Crippen molar-refractivity contribution in [1.29, 1.82) is 0 Å². The van der Waals surface area contributed by atoms with Gasteiger partial charge < -0.3 is 16.2 Å². The van der Waals surface area contributed by atoms with Crippen molar-refractivity contribution in [3.8, 4) is 5.75 Å². The molecule has 0 heterocycles. The summed E-state index contributed by atoms with van der Waals surface area (Å²) in [4.78, 5) is 11.7. The van der Waals surface area contributed by atoms with Gasteiger partial charge >= 0.3 is 0 Å². The fraction of sp³-hybridized carbons (Fsp3) is 0.417. The Morgan fingerprint density at radius 1 is 1.59 bits per heavy atom. The van der Waals surface area contributed by atoms with E-state index in [1.165, 1.54) is 0 Å². The number of nitrogens with two attached hydrogens (primary N) is 1. The van der Waals surface area contributed by atoms with Gasteiger partial charge in [0.25, 0.3) is 0 Å². The van der Waals surface area contributed by atoms with E-state index < -0.39 is 6.04 Å². The molecule has 5 heteroatoms. The van der Waals surface area contributed by atoms with Gasteiger partial charge in [0.2, 0.25) is 5.91 Å².